The van der Waals surface area contributed by atoms with Crippen molar-refractivity contribution in [1.29, 1.82) is 0 Å². The fraction of sp³-hybridized carbons (Fsp3) is 0.667. The molecular weight excluding hydrogens is 282 g/mol. The second-order valence-electron chi connectivity index (χ2n) is 5.04. The summed E-state index contributed by atoms with van der Waals surface area (Å²) in [6.45, 7) is 1.98. The lowest BCUT2D eigenvalue weighted by Gasteiger charge is -2.24. The van der Waals surface area contributed by atoms with E-state index in [0.717, 1.165) is 24.9 Å². The fourth-order valence-electron chi connectivity index (χ4n) is 2.35. The maximum atomic E-state index is 12.4. The van der Waals surface area contributed by atoms with E-state index in [1.165, 1.54) is 15.6 Å². The normalized spacial score (nSPS) is 21.4. The Morgan fingerprint density at radius 2 is 2.32 bits per heavy atom. The smallest absolute Gasteiger partial charge is 0.252 e. The highest BCUT2D eigenvalue weighted by Gasteiger charge is 2.28. The first-order chi connectivity index (χ1) is 8.95. The van der Waals surface area contributed by atoms with E-state index in [2.05, 4.69) is 11.9 Å². The van der Waals surface area contributed by atoms with E-state index in [4.69, 9.17) is 5.73 Å². The van der Waals surface area contributed by atoms with Gasteiger partial charge in [0.05, 0.1) is 0 Å². The Balaban J connectivity index is 2.10. The highest BCUT2D eigenvalue weighted by molar-refractivity contribution is 7.91. The fourth-order valence-corrected chi connectivity index (χ4v) is 4.99. The molecular formula is C12H21N3O2S2. The first kappa shape index (κ1) is 14.9. The van der Waals surface area contributed by atoms with Crippen LogP contribution in [0.15, 0.2) is 15.7 Å². The Hall–Kier alpha value is -0.470. The molecule has 0 aromatic carbocycles. The van der Waals surface area contributed by atoms with Gasteiger partial charge in [-0.25, -0.2) is 8.42 Å². The second kappa shape index (κ2) is 5.88. The van der Waals surface area contributed by atoms with Crippen molar-refractivity contribution in [2.45, 2.75) is 29.6 Å². The van der Waals surface area contributed by atoms with Crippen LogP contribution in [0.4, 0.5) is 0 Å². The summed E-state index contributed by atoms with van der Waals surface area (Å²) in [6, 6.07) is 2.00. The minimum Gasteiger partial charge on any atom is -0.326 e. The van der Waals surface area contributed by atoms with Gasteiger partial charge in [-0.1, -0.05) is 0 Å². The van der Waals surface area contributed by atoms with Gasteiger partial charge in [0.2, 0.25) is 0 Å². The van der Waals surface area contributed by atoms with Gasteiger partial charge in [0.25, 0.3) is 10.0 Å². The van der Waals surface area contributed by atoms with Crippen molar-refractivity contribution in [1.82, 2.24) is 9.21 Å². The number of sulfonamides is 1. The molecule has 0 aliphatic carbocycles. The Morgan fingerprint density at radius 3 is 2.84 bits per heavy atom. The molecule has 1 unspecified atom stereocenters. The number of hydrogen-bond donors (Lipinski definition) is 1. The van der Waals surface area contributed by atoms with E-state index < -0.39 is 10.0 Å². The molecule has 2 rings (SSSR count). The molecule has 0 bridgehead atoms. The van der Waals surface area contributed by atoms with Crippen molar-refractivity contribution in [3.8, 4) is 0 Å². The number of likely N-dealkylation sites (tertiary alicyclic amines) is 1. The van der Waals surface area contributed by atoms with Gasteiger partial charge in [0.15, 0.2) is 0 Å². The van der Waals surface area contributed by atoms with Crippen LogP contribution in [0.1, 0.15) is 18.4 Å². The SMILES string of the molecule is CN1CCCC1CN(C)S(=O)(=O)c1cc(CN)cs1. The van der Waals surface area contributed by atoms with Gasteiger partial charge >= 0.3 is 0 Å². The van der Waals surface area contributed by atoms with Crippen molar-refractivity contribution in [3.63, 3.8) is 0 Å². The number of hydrogen-bond acceptors (Lipinski definition) is 5. The predicted octanol–water partition coefficient (Wildman–Crippen LogP) is 0.921. The van der Waals surface area contributed by atoms with Gasteiger partial charge in [-0.2, -0.15) is 4.31 Å². The highest BCUT2D eigenvalue weighted by atomic mass is 32.2. The molecule has 0 spiro atoms. The highest BCUT2D eigenvalue weighted by Crippen LogP contribution is 2.24. The minimum absolute atomic E-state index is 0.328. The molecule has 7 heteroatoms. The molecule has 0 amide bonds. The van der Waals surface area contributed by atoms with Crippen molar-refractivity contribution in [2.75, 3.05) is 27.2 Å². The third kappa shape index (κ3) is 3.17. The van der Waals surface area contributed by atoms with Crippen molar-refractivity contribution in [3.05, 3.63) is 17.0 Å². The topological polar surface area (TPSA) is 66.6 Å². The number of thiophene rings is 1. The summed E-state index contributed by atoms with van der Waals surface area (Å²) in [5.74, 6) is 0. The monoisotopic (exact) mass is 303 g/mol. The van der Waals surface area contributed by atoms with Crippen LogP contribution in [0.25, 0.3) is 0 Å². The second-order valence-corrected chi connectivity index (χ2v) is 8.22. The summed E-state index contributed by atoms with van der Waals surface area (Å²) in [7, 11) is 0.338. The number of nitrogens with two attached hydrogens (primary N) is 1. The van der Waals surface area contributed by atoms with E-state index in [1.54, 1.807) is 13.1 Å². The quantitative estimate of drug-likeness (QED) is 0.878. The van der Waals surface area contributed by atoms with Crippen molar-refractivity contribution >= 4 is 21.4 Å². The molecule has 1 aliphatic heterocycles. The minimum atomic E-state index is -3.37. The summed E-state index contributed by atoms with van der Waals surface area (Å²) in [5, 5.41) is 1.81. The number of nitrogens with zero attached hydrogens (tertiary/aromatic N) is 2. The maximum Gasteiger partial charge on any atom is 0.252 e. The first-order valence-electron chi connectivity index (χ1n) is 6.39. The van der Waals surface area contributed by atoms with E-state index in [1.807, 2.05) is 5.38 Å². The van der Waals surface area contributed by atoms with Crippen molar-refractivity contribution in [2.24, 2.45) is 5.73 Å². The van der Waals surface area contributed by atoms with E-state index >= 15 is 0 Å². The number of rotatable bonds is 5. The zero-order chi connectivity index (χ0) is 14.0. The molecule has 5 nitrogen and oxygen atoms in total. The van der Waals surface area contributed by atoms with Crippen molar-refractivity contribution < 1.29 is 8.42 Å². The Kier molecular flexibility index (Phi) is 4.62. The first-order valence-corrected chi connectivity index (χ1v) is 8.71. The Labute approximate surface area is 119 Å². The van der Waals surface area contributed by atoms with Gasteiger partial charge in [-0.15, -0.1) is 11.3 Å². The average molecular weight is 303 g/mol. The lowest BCUT2D eigenvalue weighted by Crippen LogP contribution is -2.39. The molecule has 19 heavy (non-hydrogen) atoms. The Bertz CT molecular complexity index is 527. The van der Waals surface area contributed by atoms with Crippen LogP contribution < -0.4 is 5.73 Å². The molecule has 1 aromatic heterocycles. The molecule has 2 N–H and O–H groups in total. The van der Waals surface area contributed by atoms with E-state index in [9.17, 15) is 8.42 Å². The van der Waals surface area contributed by atoms with Crippen LogP contribution in [0.3, 0.4) is 0 Å². The summed E-state index contributed by atoms with van der Waals surface area (Å²) in [4.78, 5) is 2.23. The summed E-state index contributed by atoms with van der Waals surface area (Å²) < 4.78 is 26.7. The largest absolute Gasteiger partial charge is 0.326 e. The maximum absolute atomic E-state index is 12.4. The third-order valence-electron chi connectivity index (χ3n) is 3.67. The zero-order valence-electron chi connectivity index (χ0n) is 11.4. The predicted molar refractivity (Wildman–Crippen MR) is 77.7 cm³/mol. The Morgan fingerprint density at radius 1 is 1.58 bits per heavy atom. The zero-order valence-corrected chi connectivity index (χ0v) is 13.0. The van der Waals surface area contributed by atoms with Gasteiger partial charge in [-0.05, 0) is 43.4 Å². The number of likely N-dealkylation sites (N-methyl/N-ethyl adjacent to an activating group) is 2. The van der Waals surface area contributed by atoms with E-state index in [0.29, 0.717) is 23.3 Å². The molecule has 1 aromatic rings. The molecule has 108 valence electrons. The average Bonchev–Trinajstić information content (AvgIpc) is 2.99. The summed E-state index contributed by atoms with van der Waals surface area (Å²) in [6.07, 6.45) is 2.21. The van der Waals surface area contributed by atoms with Crippen LogP contribution in [-0.2, 0) is 16.6 Å². The molecule has 0 radical (unpaired) electrons. The summed E-state index contributed by atoms with van der Waals surface area (Å²) in [5.41, 5.74) is 6.39. The van der Waals surface area contributed by atoms with Crippen LogP contribution in [-0.4, -0.2) is 50.8 Å². The lowest BCUT2D eigenvalue weighted by molar-refractivity contribution is 0.271. The van der Waals surface area contributed by atoms with Crippen LogP contribution in [0, 0.1) is 0 Å². The molecule has 2 heterocycles. The van der Waals surface area contributed by atoms with Gasteiger partial charge in [0.1, 0.15) is 4.21 Å². The molecule has 0 saturated carbocycles. The standard InChI is InChI=1S/C12H21N3O2S2/c1-14-5-3-4-11(14)8-15(2)19(16,17)12-6-10(7-13)9-18-12/h6,9,11H,3-5,7-8,13H2,1-2H3. The van der Waals surface area contributed by atoms with Gasteiger partial charge < -0.3 is 10.6 Å². The van der Waals surface area contributed by atoms with E-state index in [-0.39, 0.29) is 0 Å². The van der Waals surface area contributed by atoms with Crippen LogP contribution in [0.2, 0.25) is 0 Å². The van der Waals surface area contributed by atoms with Gasteiger partial charge in [-0.3, -0.25) is 0 Å². The molecule has 1 fully saturated rings. The lowest BCUT2D eigenvalue weighted by atomic mass is 10.2. The molecule has 1 aliphatic rings. The summed E-state index contributed by atoms with van der Waals surface area (Å²) >= 11 is 1.24. The molecule has 1 atom stereocenters. The third-order valence-corrected chi connectivity index (χ3v) is 6.96. The van der Waals surface area contributed by atoms with Crippen LogP contribution in [0.5, 0.6) is 0 Å². The molecule has 1 saturated heterocycles. The van der Waals surface area contributed by atoms with Gasteiger partial charge in [0, 0.05) is 26.2 Å². The van der Waals surface area contributed by atoms with Crippen LogP contribution >= 0.6 is 11.3 Å².